The van der Waals surface area contributed by atoms with Crippen molar-refractivity contribution < 1.29 is 14.3 Å². The molecule has 1 aliphatic heterocycles. The Morgan fingerprint density at radius 1 is 1.44 bits per heavy atom. The zero-order chi connectivity index (χ0) is 13.5. The van der Waals surface area contributed by atoms with E-state index in [4.69, 9.17) is 0 Å². The maximum atomic E-state index is 12.3. The van der Waals surface area contributed by atoms with Crippen LogP contribution in [0.4, 0.5) is 4.79 Å². The van der Waals surface area contributed by atoms with Gasteiger partial charge in [-0.3, -0.25) is 4.79 Å². The van der Waals surface area contributed by atoms with Crippen molar-refractivity contribution in [3.8, 4) is 0 Å². The average Bonchev–Trinajstić information content (AvgIpc) is 2.38. The van der Waals surface area contributed by atoms with Gasteiger partial charge < -0.3 is 14.5 Å². The number of esters is 1. The van der Waals surface area contributed by atoms with Crippen molar-refractivity contribution in [2.45, 2.75) is 33.1 Å². The van der Waals surface area contributed by atoms with Crippen LogP contribution in [0.2, 0.25) is 0 Å². The van der Waals surface area contributed by atoms with Gasteiger partial charge in [0.25, 0.3) is 0 Å². The van der Waals surface area contributed by atoms with Crippen molar-refractivity contribution in [2.24, 2.45) is 5.92 Å². The van der Waals surface area contributed by atoms with Gasteiger partial charge in [0.1, 0.15) is 0 Å². The number of carbonyl (C=O) groups excluding carboxylic acids is 2. The molecule has 1 saturated heterocycles. The first-order chi connectivity index (χ1) is 8.58. The van der Waals surface area contributed by atoms with Crippen molar-refractivity contribution in [3.63, 3.8) is 0 Å². The molecule has 0 aromatic heterocycles. The second-order valence-corrected chi connectivity index (χ2v) is 4.88. The van der Waals surface area contributed by atoms with E-state index in [1.807, 2.05) is 11.8 Å². The molecule has 0 aromatic carbocycles. The lowest BCUT2D eigenvalue weighted by atomic mass is 10.0. The third-order valence-corrected chi connectivity index (χ3v) is 3.39. The second kappa shape index (κ2) is 7.24. The first-order valence-corrected chi connectivity index (χ1v) is 6.69. The van der Waals surface area contributed by atoms with Crippen molar-refractivity contribution in [1.29, 1.82) is 0 Å². The largest absolute Gasteiger partial charge is 0.469 e. The van der Waals surface area contributed by atoms with Crippen LogP contribution < -0.4 is 0 Å². The molecule has 5 heteroatoms. The summed E-state index contributed by atoms with van der Waals surface area (Å²) in [7, 11) is 1.37. The number of hydrogen-bond donors (Lipinski definition) is 0. The molecule has 0 saturated carbocycles. The number of rotatable bonds is 4. The Morgan fingerprint density at radius 2 is 2.17 bits per heavy atom. The Kier molecular flexibility index (Phi) is 5.95. The Labute approximate surface area is 109 Å². The third kappa shape index (κ3) is 4.20. The minimum absolute atomic E-state index is 0.0490. The average molecular weight is 256 g/mol. The fraction of sp³-hybridized carbons (Fsp3) is 0.846. The van der Waals surface area contributed by atoms with Gasteiger partial charge in [0.15, 0.2) is 0 Å². The van der Waals surface area contributed by atoms with Gasteiger partial charge in [0.2, 0.25) is 0 Å². The van der Waals surface area contributed by atoms with E-state index in [2.05, 4.69) is 11.7 Å². The van der Waals surface area contributed by atoms with Gasteiger partial charge in [-0.1, -0.05) is 6.92 Å². The topological polar surface area (TPSA) is 49.9 Å². The van der Waals surface area contributed by atoms with Crippen LogP contribution in [0.15, 0.2) is 0 Å². The van der Waals surface area contributed by atoms with Gasteiger partial charge in [0.05, 0.1) is 13.5 Å². The van der Waals surface area contributed by atoms with Crippen LogP contribution >= 0.6 is 0 Å². The van der Waals surface area contributed by atoms with Crippen LogP contribution in [0.5, 0.6) is 0 Å². The molecule has 1 rings (SSSR count). The summed E-state index contributed by atoms with van der Waals surface area (Å²) in [4.78, 5) is 27.0. The fourth-order valence-corrected chi connectivity index (χ4v) is 2.28. The molecule has 5 nitrogen and oxygen atoms in total. The quantitative estimate of drug-likeness (QED) is 0.720. The van der Waals surface area contributed by atoms with E-state index in [1.54, 1.807) is 4.90 Å². The Hall–Kier alpha value is -1.26. The highest BCUT2D eigenvalue weighted by molar-refractivity contribution is 5.76. The standard InChI is InChI=1S/C13H24N2O3/c1-4-14(9-7-12(16)18-3)13(17)15-8-5-6-11(2)10-15/h11H,4-10H2,1-3H3. The number of nitrogens with zero attached hydrogens (tertiary/aromatic N) is 2. The molecule has 18 heavy (non-hydrogen) atoms. The molecule has 1 aliphatic rings. The van der Waals surface area contributed by atoms with E-state index < -0.39 is 0 Å². The van der Waals surface area contributed by atoms with Gasteiger partial charge in [-0.2, -0.15) is 0 Å². The first-order valence-electron chi connectivity index (χ1n) is 6.69. The molecule has 0 bridgehead atoms. The number of hydrogen-bond acceptors (Lipinski definition) is 3. The normalized spacial score (nSPS) is 19.5. The van der Waals surface area contributed by atoms with Crippen molar-refractivity contribution >= 4 is 12.0 Å². The predicted molar refractivity (Wildman–Crippen MR) is 69.2 cm³/mol. The van der Waals surface area contributed by atoms with E-state index in [1.165, 1.54) is 13.5 Å². The Balaban J connectivity index is 2.47. The first kappa shape index (κ1) is 14.8. The monoisotopic (exact) mass is 256 g/mol. The molecular weight excluding hydrogens is 232 g/mol. The molecule has 104 valence electrons. The lowest BCUT2D eigenvalue weighted by molar-refractivity contribution is -0.140. The minimum Gasteiger partial charge on any atom is -0.469 e. The number of piperidine rings is 1. The summed E-state index contributed by atoms with van der Waals surface area (Å²) in [6, 6.07) is 0.0490. The van der Waals surface area contributed by atoms with E-state index >= 15 is 0 Å². The van der Waals surface area contributed by atoms with Gasteiger partial charge >= 0.3 is 12.0 Å². The lowest BCUT2D eigenvalue weighted by Gasteiger charge is -2.35. The summed E-state index contributed by atoms with van der Waals surface area (Å²) in [5, 5.41) is 0. The summed E-state index contributed by atoms with van der Waals surface area (Å²) in [6.07, 6.45) is 2.53. The third-order valence-electron chi connectivity index (χ3n) is 3.39. The molecule has 1 atom stereocenters. The number of amides is 2. The smallest absolute Gasteiger partial charge is 0.320 e. The van der Waals surface area contributed by atoms with E-state index in [0.717, 1.165) is 19.5 Å². The molecule has 0 N–H and O–H groups in total. The van der Waals surface area contributed by atoms with Crippen molar-refractivity contribution in [2.75, 3.05) is 33.3 Å². The molecule has 0 aromatic rings. The van der Waals surface area contributed by atoms with E-state index in [-0.39, 0.29) is 18.4 Å². The van der Waals surface area contributed by atoms with Crippen LogP contribution in [0.3, 0.4) is 0 Å². The van der Waals surface area contributed by atoms with E-state index in [9.17, 15) is 9.59 Å². The number of carbonyl (C=O) groups is 2. The molecule has 1 fully saturated rings. The molecular formula is C13H24N2O3. The van der Waals surface area contributed by atoms with Crippen LogP contribution in [0.25, 0.3) is 0 Å². The van der Waals surface area contributed by atoms with Crippen molar-refractivity contribution in [3.05, 3.63) is 0 Å². The van der Waals surface area contributed by atoms with Gasteiger partial charge in [0, 0.05) is 26.2 Å². The summed E-state index contributed by atoms with van der Waals surface area (Å²) in [5.41, 5.74) is 0. The zero-order valence-corrected chi connectivity index (χ0v) is 11.6. The number of ether oxygens (including phenoxy) is 1. The lowest BCUT2D eigenvalue weighted by Crippen LogP contribution is -2.47. The summed E-state index contributed by atoms with van der Waals surface area (Å²) >= 11 is 0. The second-order valence-electron chi connectivity index (χ2n) is 4.88. The highest BCUT2D eigenvalue weighted by atomic mass is 16.5. The highest BCUT2D eigenvalue weighted by Crippen LogP contribution is 2.17. The van der Waals surface area contributed by atoms with Crippen LogP contribution in [0.1, 0.15) is 33.1 Å². The molecule has 2 amide bonds. The molecule has 0 aliphatic carbocycles. The number of urea groups is 1. The minimum atomic E-state index is -0.270. The number of methoxy groups -OCH3 is 1. The number of likely N-dealkylation sites (tertiary alicyclic amines) is 1. The molecule has 1 heterocycles. The summed E-state index contributed by atoms with van der Waals surface area (Å²) in [5.74, 6) is 0.301. The van der Waals surface area contributed by atoms with E-state index in [0.29, 0.717) is 19.0 Å². The predicted octanol–water partition coefficient (Wildman–Crippen LogP) is 1.72. The van der Waals surface area contributed by atoms with Crippen LogP contribution in [-0.2, 0) is 9.53 Å². The van der Waals surface area contributed by atoms with Gasteiger partial charge in [-0.25, -0.2) is 4.79 Å². The maximum Gasteiger partial charge on any atom is 0.320 e. The highest BCUT2D eigenvalue weighted by Gasteiger charge is 2.24. The maximum absolute atomic E-state index is 12.3. The zero-order valence-electron chi connectivity index (χ0n) is 11.6. The molecule has 1 unspecified atom stereocenters. The van der Waals surface area contributed by atoms with Crippen LogP contribution in [0, 0.1) is 5.92 Å². The van der Waals surface area contributed by atoms with Gasteiger partial charge in [-0.15, -0.1) is 0 Å². The molecule has 0 spiro atoms. The Bertz CT molecular complexity index is 294. The van der Waals surface area contributed by atoms with Gasteiger partial charge in [-0.05, 0) is 25.7 Å². The molecule has 0 radical (unpaired) electrons. The SMILES string of the molecule is CCN(CCC(=O)OC)C(=O)N1CCCC(C)C1. The summed E-state index contributed by atoms with van der Waals surface area (Å²) in [6.45, 7) is 6.83. The fourth-order valence-electron chi connectivity index (χ4n) is 2.28. The Morgan fingerprint density at radius 3 is 2.72 bits per heavy atom. The van der Waals surface area contributed by atoms with Crippen molar-refractivity contribution in [1.82, 2.24) is 9.80 Å². The van der Waals surface area contributed by atoms with Crippen LogP contribution in [-0.4, -0.2) is 55.1 Å². The summed E-state index contributed by atoms with van der Waals surface area (Å²) < 4.78 is 4.60.